The molecule has 3 aliphatic carbocycles. The lowest BCUT2D eigenvalue weighted by molar-refractivity contribution is -0.384. The van der Waals surface area contributed by atoms with Gasteiger partial charge in [0, 0.05) is 22.4 Å². The first kappa shape index (κ1) is 18.4. The molecule has 4 aliphatic rings. The van der Waals surface area contributed by atoms with Gasteiger partial charge in [-0.1, -0.05) is 64.5 Å². The topological polar surface area (TPSA) is 80.5 Å². The Morgan fingerprint density at radius 3 is 1.65 bits per heavy atom. The number of nitro groups is 1. The molecule has 0 radical (unpaired) electrons. The lowest BCUT2D eigenvalue weighted by Crippen LogP contribution is -2.41. The molecule has 3 aromatic carbocycles. The van der Waals surface area contributed by atoms with E-state index in [9.17, 15) is 19.7 Å². The molecule has 6 nitrogen and oxygen atoms in total. The predicted octanol–water partition coefficient (Wildman–Crippen LogP) is 4.75. The van der Waals surface area contributed by atoms with Crippen molar-refractivity contribution in [1.82, 2.24) is 0 Å². The first-order valence-electron chi connectivity index (χ1n) is 9.98. The van der Waals surface area contributed by atoms with Gasteiger partial charge < -0.3 is 0 Å². The second-order valence-electron chi connectivity index (χ2n) is 8.17. The lowest BCUT2D eigenvalue weighted by atomic mass is 9.55. The third-order valence-corrected chi connectivity index (χ3v) is 7.32. The van der Waals surface area contributed by atoms with Gasteiger partial charge in [-0.2, -0.15) is 0 Å². The Labute approximate surface area is 185 Å². The van der Waals surface area contributed by atoms with Crippen molar-refractivity contribution >= 4 is 39.1 Å². The fourth-order valence-electron chi connectivity index (χ4n) is 5.75. The normalized spacial score (nSPS) is 25.3. The van der Waals surface area contributed by atoms with Crippen molar-refractivity contribution < 1.29 is 14.5 Å². The molecule has 31 heavy (non-hydrogen) atoms. The minimum Gasteiger partial charge on any atom is -0.274 e. The zero-order valence-corrected chi connectivity index (χ0v) is 17.7. The molecule has 1 aliphatic heterocycles. The molecule has 3 aromatic rings. The minimum absolute atomic E-state index is 0.0325. The van der Waals surface area contributed by atoms with Gasteiger partial charge in [0.25, 0.3) is 5.69 Å². The summed E-state index contributed by atoms with van der Waals surface area (Å²) in [5.41, 5.74) is 4.05. The molecule has 7 rings (SSSR count). The molecule has 1 saturated heterocycles. The number of carbonyl (C=O) groups excluding carboxylic acids is 2. The van der Waals surface area contributed by atoms with Crippen LogP contribution in [0.4, 0.5) is 11.4 Å². The molecule has 0 N–H and O–H groups in total. The van der Waals surface area contributed by atoms with Gasteiger partial charge in [0.15, 0.2) is 0 Å². The summed E-state index contributed by atoms with van der Waals surface area (Å²) in [6, 6.07) is 20.3. The van der Waals surface area contributed by atoms with Crippen LogP contribution in [0.5, 0.6) is 0 Å². The number of imide groups is 1. The van der Waals surface area contributed by atoms with Crippen LogP contribution in [0, 0.1) is 22.0 Å². The number of benzene rings is 3. The molecule has 0 saturated carbocycles. The van der Waals surface area contributed by atoms with E-state index >= 15 is 0 Å². The molecule has 7 heteroatoms. The van der Waals surface area contributed by atoms with E-state index in [0.29, 0.717) is 4.47 Å². The second-order valence-corrected chi connectivity index (χ2v) is 9.08. The third kappa shape index (κ3) is 2.32. The van der Waals surface area contributed by atoms with Crippen LogP contribution in [0.2, 0.25) is 0 Å². The largest absolute Gasteiger partial charge is 0.294 e. The first-order chi connectivity index (χ1) is 15.0. The average Bonchev–Trinajstić information content (AvgIpc) is 3.04. The summed E-state index contributed by atoms with van der Waals surface area (Å²) < 4.78 is 0.513. The molecular formula is C24H15BrN2O4. The second kappa shape index (κ2) is 6.34. The van der Waals surface area contributed by atoms with E-state index in [2.05, 4.69) is 15.9 Å². The van der Waals surface area contributed by atoms with Crippen LogP contribution in [0.3, 0.4) is 0 Å². The van der Waals surface area contributed by atoms with Gasteiger partial charge in [0.05, 0.1) is 16.8 Å². The molecular weight excluding hydrogens is 460 g/mol. The molecule has 1 fully saturated rings. The van der Waals surface area contributed by atoms with Crippen LogP contribution < -0.4 is 4.90 Å². The zero-order valence-electron chi connectivity index (χ0n) is 16.1. The number of rotatable bonds is 2. The van der Waals surface area contributed by atoms with Gasteiger partial charge in [-0.3, -0.25) is 19.7 Å². The highest BCUT2D eigenvalue weighted by Crippen LogP contribution is 2.61. The Balaban J connectivity index is 1.57. The van der Waals surface area contributed by atoms with E-state index < -0.39 is 16.8 Å². The summed E-state index contributed by atoms with van der Waals surface area (Å²) in [6.07, 6.45) is 0. The summed E-state index contributed by atoms with van der Waals surface area (Å²) in [5.74, 6) is -2.33. The number of anilines is 1. The van der Waals surface area contributed by atoms with E-state index in [1.165, 1.54) is 12.1 Å². The van der Waals surface area contributed by atoms with Crippen LogP contribution in [0.25, 0.3) is 0 Å². The van der Waals surface area contributed by atoms with Gasteiger partial charge in [0.2, 0.25) is 11.8 Å². The molecule has 0 spiro atoms. The maximum Gasteiger partial charge on any atom is 0.294 e. The molecule has 2 atom stereocenters. The maximum atomic E-state index is 13.7. The van der Waals surface area contributed by atoms with Crippen LogP contribution in [0.15, 0.2) is 71.2 Å². The zero-order chi connectivity index (χ0) is 21.4. The highest BCUT2D eigenvalue weighted by molar-refractivity contribution is 9.10. The highest BCUT2D eigenvalue weighted by atomic mass is 79.9. The van der Waals surface area contributed by atoms with Crippen molar-refractivity contribution in [3.05, 3.63) is 104 Å². The number of hydrogen-bond donors (Lipinski definition) is 0. The fraction of sp³-hybridized carbons (Fsp3) is 0.167. The summed E-state index contributed by atoms with van der Waals surface area (Å²) in [7, 11) is 0. The Morgan fingerprint density at radius 2 is 1.23 bits per heavy atom. The molecule has 0 unspecified atom stereocenters. The predicted molar refractivity (Wildman–Crippen MR) is 117 cm³/mol. The number of amides is 2. The summed E-state index contributed by atoms with van der Waals surface area (Å²) in [4.78, 5) is 39.6. The Morgan fingerprint density at radius 1 is 0.774 bits per heavy atom. The van der Waals surface area contributed by atoms with Gasteiger partial charge in [0.1, 0.15) is 5.69 Å². The number of halogens is 1. The molecule has 1 heterocycles. The van der Waals surface area contributed by atoms with Gasteiger partial charge in [-0.05, 0) is 34.4 Å². The highest BCUT2D eigenvalue weighted by Gasteiger charge is 2.62. The monoisotopic (exact) mass is 474 g/mol. The standard InChI is InChI=1S/C24H15BrN2O4/c25-12-9-10-17(18(11-12)27(30)31)26-23(28)21-19-13-5-1-2-6-14(13)20(22(21)24(26)29)16-8-4-3-7-15(16)19/h1-11,19-22H/t19?,20?,21-,22+. The Bertz CT molecular complexity index is 1200. The van der Waals surface area contributed by atoms with Crippen LogP contribution in [0.1, 0.15) is 34.1 Å². The van der Waals surface area contributed by atoms with E-state index in [1.807, 2.05) is 48.5 Å². The van der Waals surface area contributed by atoms with Crippen molar-refractivity contribution in [3.63, 3.8) is 0 Å². The van der Waals surface area contributed by atoms with Gasteiger partial charge >= 0.3 is 0 Å². The fourth-order valence-corrected chi connectivity index (χ4v) is 6.10. The quantitative estimate of drug-likeness (QED) is 0.304. The Hall–Kier alpha value is -3.32. The van der Waals surface area contributed by atoms with E-state index in [0.717, 1.165) is 27.2 Å². The molecule has 2 amide bonds. The smallest absolute Gasteiger partial charge is 0.274 e. The number of carbonyl (C=O) groups is 2. The molecule has 2 bridgehead atoms. The van der Waals surface area contributed by atoms with Crippen molar-refractivity contribution in [2.75, 3.05) is 4.90 Å². The SMILES string of the molecule is O=C1[C@@H]2C3c4ccccc4C(c4ccccc43)[C@@H]2C(=O)N1c1ccc(Br)cc1[N+](=O)[O-]. The molecule has 152 valence electrons. The maximum absolute atomic E-state index is 13.7. The van der Waals surface area contributed by atoms with Crippen LogP contribution in [-0.4, -0.2) is 16.7 Å². The summed E-state index contributed by atoms with van der Waals surface area (Å²) >= 11 is 3.24. The lowest BCUT2D eigenvalue weighted by Gasteiger charge is -2.45. The summed E-state index contributed by atoms with van der Waals surface area (Å²) in [6.45, 7) is 0. The first-order valence-corrected chi connectivity index (χ1v) is 10.8. The third-order valence-electron chi connectivity index (χ3n) is 6.82. The van der Waals surface area contributed by atoms with Gasteiger partial charge in [-0.25, -0.2) is 4.90 Å². The number of nitrogens with zero attached hydrogens (tertiary/aromatic N) is 2. The summed E-state index contributed by atoms with van der Waals surface area (Å²) in [5, 5.41) is 11.7. The van der Waals surface area contributed by atoms with Crippen molar-refractivity contribution in [2.24, 2.45) is 11.8 Å². The minimum atomic E-state index is -0.564. The average molecular weight is 475 g/mol. The van der Waals surface area contributed by atoms with E-state index in [1.54, 1.807) is 6.07 Å². The Kier molecular flexibility index (Phi) is 3.77. The van der Waals surface area contributed by atoms with Crippen molar-refractivity contribution in [1.29, 1.82) is 0 Å². The number of nitro benzene ring substituents is 1. The van der Waals surface area contributed by atoms with Crippen molar-refractivity contribution in [2.45, 2.75) is 11.8 Å². The van der Waals surface area contributed by atoms with Crippen LogP contribution >= 0.6 is 15.9 Å². The molecule has 0 aromatic heterocycles. The van der Waals surface area contributed by atoms with Gasteiger partial charge in [-0.15, -0.1) is 0 Å². The van der Waals surface area contributed by atoms with Crippen LogP contribution in [-0.2, 0) is 9.59 Å². The van der Waals surface area contributed by atoms with Crippen molar-refractivity contribution in [3.8, 4) is 0 Å². The number of hydrogen-bond acceptors (Lipinski definition) is 4. The van der Waals surface area contributed by atoms with E-state index in [4.69, 9.17) is 0 Å². The van der Waals surface area contributed by atoms with E-state index in [-0.39, 0.29) is 35.0 Å².